The average Bonchev–Trinajstić information content (AvgIpc) is 3.02. The predicted molar refractivity (Wildman–Crippen MR) is 92.2 cm³/mol. The van der Waals surface area contributed by atoms with Crippen LogP contribution in [-0.2, 0) is 20.9 Å². The van der Waals surface area contributed by atoms with E-state index in [1.54, 1.807) is 22.3 Å². The Kier molecular flexibility index (Phi) is 5.09. The quantitative estimate of drug-likeness (QED) is 0.866. The van der Waals surface area contributed by atoms with Gasteiger partial charge in [0.25, 0.3) is 0 Å². The number of ether oxygens (including phenoxy) is 1. The largest absolute Gasteiger partial charge is 0.369 e. The molecule has 0 radical (unpaired) electrons. The van der Waals surface area contributed by atoms with E-state index in [-0.39, 0.29) is 25.0 Å². The number of anilines is 1. The Hall–Kier alpha value is -1.70. The number of carbonyl (C=O) groups is 2. The van der Waals surface area contributed by atoms with Gasteiger partial charge in [0, 0.05) is 15.0 Å². The molecule has 1 aliphatic rings. The number of hydrogen-bond donors (Lipinski definition) is 1. The van der Waals surface area contributed by atoms with Gasteiger partial charge in [0.15, 0.2) is 0 Å². The standard InChI is InChI=1S/C16H15BrN2O3S/c17-11-3-1-4-12(7-11)18-16(21)14-9-22-10-15(20)19(14)8-13-5-2-6-23-13/h1-7,14H,8-10H2,(H,18,21). The average molecular weight is 395 g/mol. The van der Waals surface area contributed by atoms with Crippen LogP contribution < -0.4 is 5.32 Å². The third kappa shape index (κ3) is 3.99. The van der Waals surface area contributed by atoms with E-state index in [1.807, 2.05) is 35.7 Å². The summed E-state index contributed by atoms with van der Waals surface area (Å²) in [6, 6.07) is 10.6. The van der Waals surface area contributed by atoms with Gasteiger partial charge in [0.05, 0.1) is 13.2 Å². The lowest BCUT2D eigenvalue weighted by Crippen LogP contribution is -2.54. The molecule has 2 heterocycles. The lowest BCUT2D eigenvalue weighted by Gasteiger charge is -2.34. The van der Waals surface area contributed by atoms with Crippen molar-refractivity contribution in [3.63, 3.8) is 0 Å². The van der Waals surface area contributed by atoms with Gasteiger partial charge in [-0.25, -0.2) is 0 Å². The van der Waals surface area contributed by atoms with E-state index in [2.05, 4.69) is 21.2 Å². The first-order valence-electron chi connectivity index (χ1n) is 7.09. The van der Waals surface area contributed by atoms with E-state index >= 15 is 0 Å². The number of carbonyl (C=O) groups excluding carboxylic acids is 2. The molecule has 120 valence electrons. The second-order valence-corrected chi connectivity index (χ2v) is 7.08. The van der Waals surface area contributed by atoms with Crippen molar-refractivity contribution < 1.29 is 14.3 Å². The molecule has 1 aromatic carbocycles. The summed E-state index contributed by atoms with van der Waals surface area (Å²) < 4.78 is 6.15. The number of halogens is 1. The highest BCUT2D eigenvalue weighted by Crippen LogP contribution is 2.20. The van der Waals surface area contributed by atoms with Crippen LogP contribution in [0, 0.1) is 0 Å². The fourth-order valence-electron chi connectivity index (χ4n) is 2.38. The molecule has 1 aromatic heterocycles. The molecule has 0 bridgehead atoms. The zero-order valence-electron chi connectivity index (χ0n) is 12.2. The van der Waals surface area contributed by atoms with Crippen molar-refractivity contribution in [2.24, 2.45) is 0 Å². The van der Waals surface area contributed by atoms with E-state index in [0.717, 1.165) is 9.35 Å². The summed E-state index contributed by atoms with van der Waals surface area (Å²) in [4.78, 5) is 27.4. The van der Waals surface area contributed by atoms with Gasteiger partial charge >= 0.3 is 0 Å². The van der Waals surface area contributed by atoms with Crippen LogP contribution in [0.4, 0.5) is 5.69 Å². The molecule has 0 spiro atoms. The lowest BCUT2D eigenvalue weighted by molar-refractivity contribution is -0.153. The first-order chi connectivity index (χ1) is 11.1. The molecule has 1 atom stereocenters. The summed E-state index contributed by atoms with van der Waals surface area (Å²) in [5.74, 6) is -0.410. The third-order valence-corrected chi connectivity index (χ3v) is 4.85. The van der Waals surface area contributed by atoms with Crippen LogP contribution in [0.15, 0.2) is 46.3 Å². The van der Waals surface area contributed by atoms with Crippen LogP contribution in [0.3, 0.4) is 0 Å². The Balaban J connectivity index is 1.74. The first-order valence-corrected chi connectivity index (χ1v) is 8.77. The molecular weight excluding hydrogens is 380 g/mol. The Bertz CT molecular complexity index is 705. The minimum atomic E-state index is -0.627. The van der Waals surface area contributed by atoms with Gasteiger partial charge < -0.3 is 15.0 Å². The van der Waals surface area contributed by atoms with Crippen LogP contribution in [-0.4, -0.2) is 36.0 Å². The topological polar surface area (TPSA) is 58.6 Å². The molecule has 0 saturated carbocycles. The minimum Gasteiger partial charge on any atom is -0.369 e. The Morgan fingerprint density at radius 3 is 3.00 bits per heavy atom. The molecule has 2 aromatic rings. The first kappa shape index (κ1) is 16.2. The van der Waals surface area contributed by atoms with Gasteiger partial charge in [-0.3, -0.25) is 9.59 Å². The minimum absolute atomic E-state index is 0.0199. The zero-order valence-corrected chi connectivity index (χ0v) is 14.6. The fraction of sp³-hybridized carbons (Fsp3) is 0.250. The monoisotopic (exact) mass is 394 g/mol. The normalized spacial score (nSPS) is 18.0. The lowest BCUT2D eigenvalue weighted by atomic mass is 10.2. The van der Waals surface area contributed by atoms with Crippen LogP contribution >= 0.6 is 27.3 Å². The maximum absolute atomic E-state index is 12.6. The van der Waals surface area contributed by atoms with Crippen molar-refractivity contribution in [2.45, 2.75) is 12.6 Å². The van der Waals surface area contributed by atoms with Crippen molar-refractivity contribution in [3.05, 3.63) is 51.1 Å². The van der Waals surface area contributed by atoms with Gasteiger partial charge in [-0.05, 0) is 29.6 Å². The number of amides is 2. The van der Waals surface area contributed by atoms with Gasteiger partial charge in [-0.15, -0.1) is 11.3 Å². The van der Waals surface area contributed by atoms with E-state index in [1.165, 1.54) is 0 Å². The molecule has 1 saturated heterocycles. The van der Waals surface area contributed by atoms with Crippen LogP contribution in [0.5, 0.6) is 0 Å². The highest BCUT2D eigenvalue weighted by Gasteiger charge is 2.34. The summed E-state index contributed by atoms with van der Waals surface area (Å²) in [5.41, 5.74) is 0.679. The molecule has 7 heteroatoms. The number of benzene rings is 1. The van der Waals surface area contributed by atoms with E-state index in [0.29, 0.717) is 12.2 Å². The molecule has 1 unspecified atom stereocenters. The maximum atomic E-state index is 12.6. The molecule has 23 heavy (non-hydrogen) atoms. The highest BCUT2D eigenvalue weighted by molar-refractivity contribution is 9.10. The fourth-order valence-corrected chi connectivity index (χ4v) is 3.48. The maximum Gasteiger partial charge on any atom is 0.249 e. The predicted octanol–water partition coefficient (Wildman–Crippen LogP) is 2.88. The van der Waals surface area contributed by atoms with Crippen LogP contribution in [0.25, 0.3) is 0 Å². The molecule has 1 N–H and O–H groups in total. The van der Waals surface area contributed by atoms with Gasteiger partial charge in [-0.1, -0.05) is 28.1 Å². The molecule has 5 nitrogen and oxygen atoms in total. The number of hydrogen-bond acceptors (Lipinski definition) is 4. The second kappa shape index (κ2) is 7.25. The molecule has 1 fully saturated rings. The molecular formula is C16H15BrN2O3S. The molecule has 1 aliphatic heterocycles. The van der Waals surface area contributed by atoms with Crippen LogP contribution in [0.2, 0.25) is 0 Å². The van der Waals surface area contributed by atoms with Crippen molar-refractivity contribution in [1.82, 2.24) is 4.90 Å². The van der Waals surface area contributed by atoms with Crippen molar-refractivity contribution in [3.8, 4) is 0 Å². The van der Waals surface area contributed by atoms with Crippen LogP contribution in [0.1, 0.15) is 4.88 Å². The van der Waals surface area contributed by atoms with Crippen molar-refractivity contribution >= 4 is 44.8 Å². The smallest absolute Gasteiger partial charge is 0.249 e. The number of nitrogens with one attached hydrogen (secondary N) is 1. The zero-order chi connectivity index (χ0) is 16.2. The number of rotatable bonds is 4. The third-order valence-electron chi connectivity index (χ3n) is 3.50. The molecule has 2 amide bonds. The Morgan fingerprint density at radius 1 is 1.39 bits per heavy atom. The Labute approximate surface area is 146 Å². The van der Waals surface area contributed by atoms with Gasteiger partial charge in [0.1, 0.15) is 12.6 Å². The number of nitrogens with zero attached hydrogens (tertiary/aromatic N) is 1. The van der Waals surface area contributed by atoms with E-state index in [4.69, 9.17) is 4.74 Å². The summed E-state index contributed by atoms with van der Waals surface area (Å²) in [5, 5.41) is 4.80. The van der Waals surface area contributed by atoms with Crippen molar-refractivity contribution in [1.29, 1.82) is 0 Å². The van der Waals surface area contributed by atoms with E-state index in [9.17, 15) is 9.59 Å². The Morgan fingerprint density at radius 2 is 2.26 bits per heavy atom. The van der Waals surface area contributed by atoms with E-state index < -0.39 is 6.04 Å². The molecule has 3 rings (SSSR count). The van der Waals surface area contributed by atoms with Gasteiger partial charge in [0.2, 0.25) is 11.8 Å². The number of morpholine rings is 1. The number of thiophene rings is 1. The van der Waals surface area contributed by atoms with Gasteiger partial charge in [-0.2, -0.15) is 0 Å². The molecule has 0 aliphatic carbocycles. The summed E-state index contributed by atoms with van der Waals surface area (Å²) in [6.07, 6.45) is 0. The van der Waals surface area contributed by atoms with Crippen molar-refractivity contribution in [2.75, 3.05) is 18.5 Å². The summed E-state index contributed by atoms with van der Waals surface area (Å²) in [6.45, 7) is 0.652. The second-order valence-electron chi connectivity index (χ2n) is 5.13. The SMILES string of the molecule is O=C(Nc1cccc(Br)c1)C1COCC(=O)N1Cc1cccs1. The summed E-state index contributed by atoms with van der Waals surface area (Å²) in [7, 11) is 0. The summed E-state index contributed by atoms with van der Waals surface area (Å²) >= 11 is 4.94. The highest BCUT2D eigenvalue weighted by atomic mass is 79.9.